The first-order chi connectivity index (χ1) is 8.86. The number of rotatable bonds is 2. The molecule has 1 N–H and O–H groups in total. The largest absolute Gasteiger partial charge is 0.416 e. The van der Waals surface area contributed by atoms with E-state index >= 15 is 0 Å². The lowest BCUT2D eigenvalue weighted by Gasteiger charge is -2.32. The topological polar surface area (TPSA) is 15.3 Å². The second-order valence-electron chi connectivity index (χ2n) is 4.89. The van der Waals surface area contributed by atoms with Gasteiger partial charge in [-0.3, -0.25) is 4.90 Å². The molecule has 20 heavy (non-hydrogen) atoms. The summed E-state index contributed by atoms with van der Waals surface area (Å²) in [7, 11) is 0. The second kappa shape index (κ2) is 6.98. The number of nitrogens with zero attached hydrogens (tertiary/aromatic N) is 1. The van der Waals surface area contributed by atoms with Crippen LogP contribution in [0.3, 0.4) is 0 Å². The molecule has 1 saturated heterocycles. The van der Waals surface area contributed by atoms with E-state index in [0.717, 1.165) is 31.8 Å². The average Bonchev–Trinajstić information content (AvgIpc) is 2.30. The first-order valence-corrected chi connectivity index (χ1v) is 6.55. The summed E-state index contributed by atoms with van der Waals surface area (Å²) in [6, 6.07) is 3.84. The van der Waals surface area contributed by atoms with Crippen LogP contribution in [0.2, 0.25) is 5.02 Å². The minimum absolute atomic E-state index is 0. The Kier molecular flexibility index (Phi) is 6.13. The van der Waals surface area contributed by atoms with Crippen molar-refractivity contribution in [3.8, 4) is 0 Å². The number of nitrogens with one attached hydrogen (secondary N) is 1. The van der Waals surface area contributed by atoms with Gasteiger partial charge >= 0.3 is 6.18 Å². The van der Waals surface area contributed by atoms with Crippen molar-refractivity contribution >= 4 is 24.0 Å². The summed E-state index contributed by atoms with van der Waals surface area (Å²) in [5.74, 6) is 0. The van der Waals surface area contributed by atoms with Crippen LogP contribution in [-0.4, -0.2) is 30.6 Å². The smallest absolute Gasteiger partial charge is 0.312 e. The highest BCUT2D eigenvalue weighted by molar-refractivity contribution is 6.31. The molecule has 0 amide bonds. The van der Waals surface area contributed by atoms with E-state index in [-0.39, 0.29) is 12.4 Å². The van der Waals surface area contributed by atoms with E-state index in [1.54, 1.807) is 0 Å². The lowest BCUT2D eigenvalue weighted by molar-refractivity contribution is -0.137. The van der Waals surface area contributed by atoms with Crippen LogP contribution in [-0.2, 0) is 12.7 Å². The van der Waals surface area contributed by atoms with Gasteiger partial charge in [-0.25, -0.2) is 0 Å². The zero-order valence-corrected chi connectivity index (χ0v) is 12.6. The molecule has 0 bridgehead atoms. The molecule has 0 radical (unpaired) electrons. The molecule has 0 aliphatic carbocycles. The molecule has 1 aromatic carbocycles. The van der Waals surface area contributed by atoms with E-state index in [2.05, 4.69) is 17.1 Å². The van der Waals surface area contributed by atoms with E-state index in [9.17, 15) is 13.2 Å². The third-order valence-electron chi connectivity index (χ3n) is 3.22. The molecular weight excluding hydrogens is 312 g/mol. The van der Waals surface area contributed by atoms with Crippen LogP contribution in [0, 0.1) is 0 Å². The fraction of sp³-hybridized carbons (Fsp3) is 0.538. The third kappa shape index (κ3) is 4.52. The highest BCUT2D eigenvalue weighted by Crippen LogP contribution is 2.32. The lowest BCUT2D eigenvalue weighted by Crippen LogP contribution is -2.48. The normalized spacial score (nSPS) is 20.6. The fourth-order valence-electron chi connectivity index (χ4n) is 2.27. The molecule has 1 aliphatic heterocycles. The van der Waals surface area contributed by atoms with Crippen LogP contribution in [0.25, 0.3) is 0 Å². The number of halogens is 5. The first kappa shape index (κ1) is 17.6. The van der Waals surface area contributed by atoms with Crippen LogP contribution in [0.1, 0.15) is 18.1 Å². The van der Waals surface area contributed by atoms with E-state index < -0.39 is 11.7 Å². The third-order valence-corrected chi connectivity index (χ3v) is 3.59. The Hall–Kier alpha value is -0.490. The van der Waals surface area contributed by atoms with Crippen molar-refractivity contribution in [1.29, 1.82) is 0 Å². The predicted octanol–water partition coefficient (Wildman–Crippen LogP) is 3.57. The summed E-state index contributed by atoms with van der Waals surface area (Å²) in [5.41, 5.74) is -0.110. The standard InChI is InChI=1S/C13H16ClF3N2.ClH/c1-9-7-19(5-4-18-9)8-10-6-11(13(15,16)17)2-3-12(10)14;/h2-3,6,9,18H,4-5,7-8H2,1H3;1H. The second-order valence-corrected chi connectivity index (χ2v) is 5.30. The molecule has 2 rings (SSSR count). The highest BCUT2D eigenvalue weighted by atomic mass is 35.5. The van der Waals surface area contributed by atoms with E-state index in [0.29, 0.717) is 23.2 Å². The molecule has 1 aliphatic rings. The Labute approximate surface area is 127 Å². The summed E-state index contributed by atoms with van der Waals surface area (Å²) in [4.78, 5) is 2.11. The minimum atomic E-state index is -4.32. The van der Waals surface area contributed by atoms with Crippen LogP contribution in [0.4, 0.5) is 13.2 Å². The van der Waals surface area contributed by atoms with Gasteiger partial charge in [0.25, 0.3) is 0 Å². The minimum Gasteiger partial charge on any atom is -0.312 e. The molecule has 1 heterocycles. The maximum Gasteiger partial charge on any atom is 0.416 e. The monoisotopic (exact) mass is 328 g/mol. The van der Waals surface area contributed by atoms with Crippen LogP contribution in [0.5, 0.6) is 0 Å². The zero-order valence-electron chi connectivity index (χ0n) is 11.0. The summed E-state index contributed by atoms with van der Waals surface area (Å²) in [6.45, 7) is 4.98. The Morgan fingerprint density at radius 1 is 1.40 bits per heavy atom. The number of alkyl halides is 3. The Balaban J connectivity index is 0.00000200. The van der Waals surface area contributed by atoms with E-state index in [1.807, 2.05) is 0 Å². The first-order valence-electron chi connectivity index (χ1n) is 6.17. The van der Waals surface area contributed by atoms with Crippen molar-refractivity contribution in [3.05, 3.63) is 34.3 Å². The molecule has 0 spiro atoms. The van der Waals surface area contributed by atoms with Crippen molar-refractivity contribution in [3.63, 3.8) is 0 Å². The number of piperazine rings is 1. The maximum absolute atomic E-state index is 12.7. The SMILES string of the molecule is CC1CN(Cc2cc(C(F)(F)F)ccc2Cl)CCN1.Cl. The Morgan fingerprint density at radius 3 is 2.70 bits per heavy atom. The summed E-state index contributed by atoms with van der Waals surface area (Å²) < 4.78 is 38.0. The van der Waals surface area contributed by atoms with Crippen LogP contribution >= 0.6 is 24.0 Å². The van der Waals surface area contributed by atoms with Gasteiger partial charge in [0.2, 0.25) is 0 Å². The lowest BCUT2D eigenvalue weighted by atomic mass is 10.1. The van der Waals surface area contributed by atoms with Crippen molar-refractivity contribution in [2.45, 2.75) is 25.7 Å². The number of benzene rings is 1. The predicted molar refractivity (Wildman–Crippen MR) is 76.4 cm³/mol. The molecular formula is C13H17Cl2F3N2. The molecule has 2 nitrogen and oxygen atoms in total. The van der Waals surface area contributed by atoms with E-state index in [1.165, 1.54) is 6.07 Å². The number of hydrogen-bond donors (Lipinski definition) is 1. The number of hydrogen-bond acceptors (Lipinski definition) is 2. The highest BCUT2D eigenvalue weighted by Gasteiger charge is 2.31. The van der Waals surface area contributed by atoms with Gasteiger partial charge in [-0.2, -0.15) is 13.2 Å². The molecule has 114 valence electrons. The van der Waals surface area contributed by atoms with Crippen LogP contribution in [0.15, 0.2) is 18.2 Å². The van der Waals surface area contributed by atoms with E-state index in [4.69, 9.17) is 11.6 Å². The molecule has 0 saturated carbocycles. The van der Waals surface area contributed by atoms with Crippen molar-refractivity contribution < 1.29 is 13.2 Å². The van der Waals surface area contributed by atoms with Gasteiger partial charge in [-0.15, -0.1) is 12.4 Å². The molecule has 1 unspecified atom stereocenters. The van der Waals surface area contributed by atoms with Gasteiger partial charge in [-0.05, 0) is 30.7 Å². The molecule has 1 aromatic rings. The average molecular weight is 329 g/mol. The van der Waals surface area contributed by atoms with Gasteiger partial charge in [0.1, 0.15) is 0 Å². The van der Waals surface area contributed by atoms with Gasteiger partial charge in [0, 0.05) is 37.2 Å². The molecule has 1 atom stereocenters. The quantitative estimate of drug-likeness (QED) is 0.892. The summed E-state index contributed by atoms with van der Waals surface area (Å²) in [6.07, 6.45) is -4.32. The Bertz CT molecular complexity index is 452. The fourth-order valence-corrected chi connectivity index (χ4v) is 2.45. The summed E-state index contributed by atoms with van der Waals surface area (Å²) >= 11 is 5.99. The van der Waals surface area contributed by atoms with Crippen molar-refractivity contribution in [2.24, 2.45) is 0 Å². The molecule has 7 heteroatoms. The van der Waals surface area contributed by atoms with Gasteiger partial charge in [0.15, 0.2) is 0 Å². The zero-order chi connectivity index (χ0) is 14.0. The molecule has 1 fully saturated rings. The van der Waals surface area contributed by atoms with Gasteiger partial charge in [-0.1, -0.05) is 11.6 Å². The Morgan fingerprint density at radius 2 is 2.10 bits per heavy atom. The maximum atomic E-state index is 12.7. The van der Waals surface area contributed by atoms with Gasteiger partial charge < -0.3 is 5.32 Å². The van der Waals surface area contributed by atoms with Crippen molar-refractivity contribution in [2.75, 3.05) is 19.6 Å². The van der Waals surface area contributed by atoms with Crippen molar-refractivity contribution in [1.82, 2.24) is 10.2 Å². The van der Waals surface area contributed by atoms with Crippen LogP contribution < -0.4 is 5.32 Å². The van der Waals surface area contributed by atoms with Gasteiger partial charge in [0.05, 0.1) is 5.56 Å². The molecule has 0 aromatic heterocycles. The summed E-state index contributed by atoms with van der Waals surface area (Å²) in [5, 5.41) is 3.68.